The molecule has 94 valence electrons. The molecule has 1 aliphatic heterocycles. The summed E-state index contributed by atoms with van der Waals surface area (Å²) in [6.07, 6.45) is 3.47. The van der Waals surface area contributed by atoms with Gasteiger partial charge in [0.1, 0.15) is 0 Å². The molecule has 0 aromatic rings. The molecule has 0 aliphatic carbocycles. The third kappa shape index (κ3) is 3.76. The number of carboxylic acids is 1. The average molecular weight is 228 g/mol. The summed E-state index contributed by atoms with van der Waals surface area (Å²) in [4.78, 5) is 13.3. The molecule has 0 aromatic heterocycles. The van der Waals surface area contributed by atoms with E-state index in [-0.39, 0.29) is 0 Å². The fourth-order valence-electron chi connectivity index (χ4n) is 2.26. The van der Waals surface area contributed by atoms with Crippen LogP contribution in [0.15, 0.2) is 0 Å². The second-order valence-electron chi connectivity index (χ2n) is 5.44. The minimum atomic E-state index is -0.717. The summed E-state index contributed by atoms with van der Waals surface area (Å²) in [7, 11) is 2.04. The molecule has 4 heteroatoms. The predicted molar refractivity (Wildman–Crippen MR) is 64.6 cm³/mol. The lowest BCUT2D eigenvalue weighted by atomic mass is 9.92. The third-order valence-electron chi connectivity index (χ3n) is 3.39. The molecule has 16 heavy (non-hydrogen) atoms. The molecule has 0 saturated carbocycles. The molecule has 0 spiro atoms. The van der Waals surface area contributed by atoms with Crippen molar-refractivity contribution in [3.63, 3.8) is 0 Å². The molecule has 0 radical (unpaired) electrons. The number of nitrogens with one attached hydrogen (secondary N) is 1. The molecule has 0 amide bonds. The number of nitrogens with zero attached hydrogens (tertiary/aromatic N) is 1. The number of hydrogen-bond donors (Lipinski definition) is 2. The predicted octanol–water partition coefficient (Wildman–Crippen LogP) is 1.17. The zero-order chi connectivity index (χ0) is 12.2. The van der Waals surface area contributed by atoms with Crippen molar-refractivity contribution in [2.75, 3.05) is 26.7 Å². The van der Waals surface area contributed by atoms with E-state index in [1.165, 1.54) is 12.8 Å². The van der Waals surface area contributed by atoms with Gasteiger partial charge in [0, 0.05) is 12.6 Å². The Balaban J connectivity index is 2.49. The zero-order valence-corrected chi connectivity index (χ0v) is 10.6. The number of hydrogen-bond acceptors (Lipinski definition) is 3. The van der Waals surface area contributed by atoms with Gasteiger partial charge in [-0.25, -0.2) is 0 Å². The van der Waals surface area contributed by atoms with Crippen LogP contribution in [0.5, 0.6) is 0 Å². The number of rotatable bonds is 4. The van der Waals surface area contributed by atoms with Crippen LogP contribution in [0.1, 0.15) is 33.1 Å². The number of carbonyl (C=O) groups is 1. The normalized spacial score (nSPS) is 23.1. The van der Waals surface area contributed by atoms with Crippen molar-refractivity contribution in [2.45, 2.75) is 39.2 Å². The van der Waals surface area contributed by atoms with Crippen LogP contribution in [0.3, 0.4) is 0 Å². The van der Waals surface area contributed by atoms with E-state index < -0.39 is 11.4 Å². The van der Waals surface area contributed by atoms with Gasteiger partial charge in [0.05, 0.1) is 5.41 Å². The fourth-order valence-corrected chi connectivity index (χ4v) is 2.26. The number of carboxylic acid groups (broad SMARTS) is 1. The minimum Gasteiger partial charge on any atom is -0.481 e. The average Bonchev–Trinajstić information content (AvgIpc) is 2.44. The second-order valence-corrected chi connectivity index (χ2v) is 5.44. The first kappa shape index (κ1) is 13.5. The summed E-state index contributed by atoms with van der Waals surface area (Å²) >= 11 is 0. The highest BCUT2D eigenvalue weighted by atomic mass is 16.4. The largest absolute Gasteiger partial charge is 0.481 e. The Morgan fingerprint density at radius 2 is 2.12 bits per heavy atom. The molecule has 1 heterocycles. The summed E-state index contributed by atoms with van der Waals surface area (Å²) in [5.74, 6) is -0.717. The second kappa shape index (κ2) is 5.64. The maximum Gasteiger partial charge on any atom is 0.310 e. The Kier molecular flexibility index (Phi) is 4.74. The highest BCUT2D eigenvalue weighted by Gasteiger charge is 2.30. The van der Waals surface area contributed by atoms with Gasteiger partial charge in [-0.1, -0.05) is 0 Å². The van der Waals surface area contributed by atoms with Crippen molar-refractivity contribution < 1.29 is 9.90 Å². The van der Waals surface area contributed by atoms with E-state index in [4.69, 9.17) is 5.11 Å². The van der Waals surface area contributed by atoms with Crippen molar-refractivity contribution >= 4 is 5.97 Å². The SMILES string of the molecule is CN(CC(C)(C)C(=O)O)C1CCCNCC1. The molecule has 1 aliphatic rings. The Morgan fingerprint density at radius 3 is 2.75 bits per heavy atom. The topological polar surface area (TPSA) is 52.6 Å². The van der Waals surface area contributed by atoms with E-state index in [1.807, 2.05) is 7.05 Å². The molecule has 0 bridgehead atoms. The van der Waals surface area contributed by atoms with Crippen LogP contribution >= 0.6 is 0 Å². The molecule has 1 unspecified atom stereocenters. The van der Waals surface area contributed by atoms with Gasteiger partial charge >= 0.3 is 5.97 Å². The maximum absolute atomic E-state index is 11.1. The van der Waals surface area contributed by atoms with Crippen molar-refractivity contribution in [3.05, 3.63) is 0 Å². The first-order valence-corrected chi connectivity index (χ1v) is 6.08. The van der Waals surface area contributed by atoms with Crippen molar-refractivity contribution in [1.82, 2.24) is 10.2 Å². The van der Waals surface area contributed by atoms with Crippen LogP contribution in [0, 0.1) is 5.41 Å². The standard InChI is InChI=1S/C12H24N2O2/c1-12(2,11(15)16)9-14(3)10-5-4-7-13-8-6-10/h10,13H,4-9H2,1-3H3,(H,15,16). The highest BCUT2D eigenvalue weighted by molar-refractivity contribution is 5.73. The first-order valence-electron chi connectivity index (χ1n) is 6.08. The molecular weight excluding hydrogens is 204 g/mol. The zero-order valence-electron chi connectivity index (χ0n) is 10.6. The summed E-state index contributed by atoms with van der Waals surface area (Å²) in [5.41, 5.74) is -0.658. The van der Waals surface area contributed by atoms with Gasteiger partial charge in [0.15, 0.2) is 0 Å². The van der Waals surface area contributed by atoms with E-state index in [0.29, 0.717) is 12.6 Å². The molecule has 0 aromatic carbocycles. The molecule has 1 saturated heterocycles. The van der Waals surface area contributed by atoms with Crippen LogP contribution in [-0.4, -0.2) is 48.7 Å². The lowest BCUT2D eigenvalue weighted by Crippen LogP contribution is -2.42. The van der Waals surface area contributed by atoms with Crippen molar-refractivity contribution in [2.24, 2.45) is 5.41 Å². The van der Waals surface area contributed by atoms with Gasteiger partial charge < -0.3 is 15.3 Å². The van der Waals surface area contributed by atoms with Crippen LogP contribution in [-0.2, 0) is 4.79 Å². The molecule has 1 rings (SSSR count). The van der Waals surface area contributed by atoms with E-state index in [9.17, 15) is 4.79 Å². The molecule has 1 atom stereocenters. The molecule has 4 nitrogen and oxygen atoms in total. The Morgan fingerprint density at radius 1 is 1.44 bits per heavy atom. The lowest BCUT2D eigenvalue weighted by molar-refractivity contribution is -0.148. The summed E-state index contributed by atoms with van der Waals surface area (Å²) in [5, 5.41) is 12.5. The van der Waals surface area contributed by atoms with Crippen LogP contribution in [0.2, 0.25) is 0 Å². The lowest BCUT2D eigenvalue weighted by Gasteiger charge is -2.32. The maximum atomic E-state index is 11.1. The Hall–Kier alpha value is -0.610. The molecule has 2 N–H and O–H groups in total. The first-order chi connectivity index (χ1) is 7.43. The molecule has 1 fully saturated rings. The third-order valence-corrected chi connectivity index (χ3v) is 3.39. The highest BCUT2D eigenvalue weighted by Crippen LogP contribution is 2.20. The van der Waals surface area contributed by atoms with Crippen molar-refractivity contribution in [1.29, 1.82) is 0 Å². The summed E-state index contributed by atoms with van der Waals surface area (Å²) in [6, 6.07) is 0.522. The van der Waals surface area contributed by atoms with E-state index in [1.54, 1.807) is 13.8 Å². The minimum absolute atomic E-state index is 0.522. The van der Waals surface area contributed by atoms with E-state index in [2.05, 4.69) is 10.2 Å². The van der Waals surface area contributed by atoms with Gasteiger partial charge in [-0.2, -0.15) is 0 Å². The quantitative estimate of drug-likeness (QED) is 0.758. The van der Waals surface area contributed by atoms with Gasteiger partial charge in [0.25, 0.3) is 0 Å². The van der Waals surface area contributed by atoms with Gasteiger partial charge in [0.2, 0.25) is 0 Å². The monoisotopic (exact) mass is 228 g/mol. The van der Waals surface area contributed by atoms with Crippen LogP contribution in [0.25, 0.3) is 0 Å². The van der Waals surface area contributed by atoms with Gasteiger partial charge in [-0.05, 0) is 53.2 Å². The van der Waals surface area contributed by atoms with Gasteiger partial charge in [-0.15, -0.1) is 0 Å². The smallest absolute Gasteiger partial charge is 0.310 e. The van der Waals surface area contributed by atoms with Crippen molar-refractivity contribution in [3.8, 4) is 0 Å². The van der Waals surface area contributed by atoms with Crippen LogP contribution < -0.4 is 5.32 Å². The Labute approximate surface area is 98.0 Å². The van der Waals surface area contributed by atoms with Gasteiger partial charge in [-0.3, -0.25) is 4.79 Å². The number of aliphatic carboxylic acids is 1. The van der Waals surface area contributed by atoms with E-state index in [0.717, 1.165) is 19.5 Å². The Bertz CT molecular complexity index is 233. The van der Waals surface area contributed by atoms with Crippen LogP contribution in [0.4, 0.5) is 0 Å². The molecular formula is C12H24N2O2. The van der Waals surface area contributed by atoms with E-state index >= 15 is 0 Å². The fraction of sp³-hybridized carbons (Fsp3) is 0.917. The summed E-state index contributed by atoms with van der Waals surface area (Å²) in [6.45, 7) is 6.34. The summed E-state index contributed by atoms with van der Waals surface area (Å²) < 4.78 is 0.